The standard InChI is InChI=1S/C5H11NO3S/c1-6-4-5(8)9-10-3-2-7/h6-7H,2-4H2,1H3. The first-order chi connectivity index (χ1) is 4.81. The Bertz CT molecular complexity index is 98.9. The highest BCUT2D eigenvalue weighted by Crippen LogP contribution is 1.99. The molecule has 0 aliphatic rings. The molecule has 0 saturated heterocycles. The van der Waals surface area contributed by atoms with E-state index in [4.69, 9.17) is 5.11 Å². The van der Waals surface area contributed by atoms with Gasteiger partial charge < -0.3 is 14.6 Å². The first kappa shape index (κ1) is 9.74. The average molecular weight is 165 g/mol. The van der Waals surface area contributed by atoms with E-state index in [1.165, 1.54) is 0 Å². The summed E-state index contributed by atoms with van der Waals surface area (Å²) < 4.78 is 4.58. The number of hydrogen-bond donors (Lipinski definition) is 2. The van der Waals surface area contributed by atoms with Gasteiger partial charge in [-0.2, -0.15) is 0 Å². The zero-order valence-corrected chi connectivity index (χ0v) is 6.61. The lowest BCUT2D eigenvalue weighted by Gasteiger charge is -1.98. The van der Waals surface area contributed by atoms with Gasteiger partial charge in [0.1, 0.15) is 0 Å². The molecule has 4 nitrogen and oxygen atoms in total. The van der Waals surface area contributed by atoms with Gasteiger partial charge in [0.15, 0.2) is 0 Å². The van der Waals surface area contributed by atoms with Gasteiger partial charge >= 0.3 is 5.97 Å². The Morgan fingerprint density at radius 1 is 1.80 bits per heavy atom. The molecule has 0 aliphatic heterocycles. The number of aliphatic hydroxyl groups is 1. The Morgan fingerprint density at radius 2 is 2.50 bits per heavy atom. The predicted molar refractivity (Wildman–Crippen MR) is 39.6 cm³/mol. The van der Waals surface area contributed by atoms with Crippen LogP contribution in [-0.2, 0) is 8.98 Å². The van der Waals surface area contributed by atoms with E-state index in [1.54, 1.807) is 7.05 Å². The van der Waals surface area contributed by atoms with Crippen LogP contribution in [0.3, 0.4) is 0 Å². The summed E-state index contributed by atoms with van der Waals surface area (Å²) in [5.74, 6) is 0.107. The number of carbonyl (C=O) groups excluding carboxylic acids is 1. The van der Waals surface area contributed by atoms with Gasteiger partial charge in [0.2, 0.25) is 0 Å². The van der Waals surface area contributed by atoms with Crippen LogP contribution in [0.15, 0.2) is 0 Å². The molecule has 0 bridgehead atoms. The van der Waals surface area contributed by atoms with E-state index < -0.39 is 0 Å². The van der Waals surface area contributed by atoms with Crippen LogP contribution >= 0.6 is 12.0 Å². The van der Waals surface area contributed by atoms with Crippen LogP contribution in [0.25, 0.3) is 0 Å². The SMILES string of the molecule is CNCC(=O)OSCCO. The van der Waals surface area contributed by atoms with Crippen LogP contribution in [0.1, 0.15) is 0 Å². The Hall–Kier alpha value is -0.260. The van der Waals surface area contributed by atoms with Crippen molar-refractivity contribution in [2.45, 2.75) is 0 Å². The zero-order chi connectivity index (χ0) is 7.82. The summed E-state index contributed by atoms with van der Waals surface area (Å²) in [6.07, 6.45) is 0. The quantitative estimate of drug-likeness (QED) is 0.420. The largest absolute Gasteiger partial charge is 0.395 e. The summed E-state index contributed by atoms with van der Waals surface area (Å²) in [5.41, 5.74) is 0. The minimum absolute atomic E-state index is 0.0253. The molecule has 5 heteroatoms. The molecule has 0 unspecified atom stereocenters. The van der Waals surface area contributed by atoms with Crippen LogP contribution in [0.4, 0.5) is 0 Å². The van der Waals surface area contributed by atoms with Gasteiger partial charge in [0, 0.05) is 0 Å². The molecule has 60 valence electrons. The van der Waals surface area contributed by atoms with Gasteiger partial charge in [0.05, 0.1) is 30.9 Å². The molecule has 0 rings (SSSR count). The highest BCUT2D eigenvalue weighted by Gasteiger charge is 1.99. The Labute approximate surface area is 64.2 Å². The molecule has 0 atom stereocenters. The van der Waals surface area contributed by atoms with Crippen LogP contribution < -0.4 is 5.32 Å². The van der Waals surface area contributed by atoms with Crippen LogP contribution in [0, 0.1) is 0 Å². The fourth-order valence-electron chi connectivity index (χ4n) is 0.318. The maximum absolute atomic E-state index is 10.5. The van der Waals surface area contributed by atoms with E-state index in [-0.39, 0.29) is 19.1 Å². The summed E-state index contributed by atoms with van der Waals surface area (Å²) >= 11 is 0.962. The molecule has 10 heavy (non-hydrogen) atoms. The van der Waals surface area contributed by atoms with Gasteiger partial charge in [-0.05, 0) is 7.05 Å². The normalized spacial score (nSPS) is 9.40. The lowest BCUT2D eigenvalue weighted by molar-refractivity contribution is -0.131. The first-order valence-electron chi connectivity index (χ1n) is 2.89. The van der Waals surface area contributed by atoms with Gasteiger partial charge in [-0.15, -0.1) is 0 Å². The summed E-state index contributed by atoms with van der Waals surface area (Å²) in [5, 5.41) is 10.9. The van der Waals surface area contributed by atoms with Gasteiger partial charge in [0.25, 0.3) is 0 Å². The van der Waals surface area contributed by atoms with E-state index in [0.717, 1.165) is 12.0 Å². The highest BCUT2D eigenvalue weighted by molar-refractivity contribution is 7.95. The van der Waals surface area contributed by atoms with E-state index in [9.17, 15) is 4.79 Å². The monoisotopic (exact) mass is 165 g/mol. The molecule has 2 N–H and O–H groups in total. The minimum atomic E-state index is -0.319. The number of rotatable bonds is 5. The van der Waals surface area contributed by atoms with Gasteiger partial charge in [-0.25, -0.2) is 4.79 Å². The summed E-state index contributed by atoms with van der Waals surface area (Å²) in [7, 11) is 1.66. The maximum Gasteiger partial charge on any atom is 0.331 e. The summed E-state index contributed by atoms with van der Waals surface area (Å²) in [4.78, 5) is 10.5. The van der Waals surface area contributed by atoms with Crippen molar-refractivity contribution in [3.63, 3.8) is 0 Å². The van der Waals surface area contributed by atoms with E-state index >= 15 is 0 Å². The van der Waals surface area contributed by atoms with Crippen molar-refractivity contribution in [3.05, 3.63) is 0 Å². The number of carbonyl (C=O) groups is 1. The lowest BCUT2D eigenvalue weighted by Crippen LogP contribution is -2.18. The molecule has 0 aromatic carbocycles. The summed E-state index contributed by atoms with van der Waals surface area (Å²) in [6.45, 7) is 0.232. The number of hydrogen-bond acceptors (Lipinski definition) is 5. The number of nitrogens with one attached hydrogen (secondary N) is 1. The molecule has 0 amide bonds. The first-order valence-corrected chi connectivity index (χ1v) is 3.80. The van der Waals surface area contributed by atoms with Crippen molar-refractivity contribution >= 4 is 18.0 Å². The second kappa shape index (κ2) is 6.85. The third-order valence-corrected chi connectivity index (χ3v) is 1.30. The van der Waals surface area contributed by atoms with Gasteiger partial charge in [-0.3, -0.25) is 0 Å². The third-order valence-electron chi connectivity index (χ3n) is 0.648. The molecule has 0 aromatic rings. The smallest absolute Gasteiger partial charge is 0.331 e. The zero-order valence-electron chi connectivity index (χ0n) is 5.79. The third kappa shape index (κ3) is 5.87. The fraction of sp³-hybridized carbons (Fsp3) is 0.800. The van der Waals surface area contributed by atoms with Crippen molar-refractivity contribution in [3.8, 4) is 0 Å². The average Bonchev–Trinajstić information content (AvgIpc) is 1.89. The maximum atomic E-state index is 10.5. The number of likely N-dealkylation sites (N-methyl/N-ethyl adjacent to an activating group) is 1. The Balaban J connectivity index is 3.05. The molecule has 0 aromatic heterocycles. The minimum Gasteiger partial charge on any atom is -0.395 e. The van der Waals surface area contributed by atoms with Crippen LogP contribution in [0.5, 0.6) is 0 Å². The van der Waals surface area contributed by atoms with Crippen molar-refractivity contribution < 1.29 is 14.1 Å². The fourth-order valence-corrected chi connectivity index (χ4v) is 0.667. The van der Waals surface area contributed by atoms with Crippen LogP contribution in [0.2, 0.25) is 0 Å². The second-order valence-corrected chi connectivity index (χ2v) is 2.34. The van der Waals surface area contributed by atoms with Gasteiger partial charge in [-0.1, -0.05) is 0 Å². The van der Waals surface area contributed by atoms with Crippen molar-refractivity contribution in [1.82, 2.24) is 5.32 Å². The molecule has 0 aliphatic carbocycles. The summed E-state index contributed by atoms with van der Waals surface area (Å²) in [6, 6.07) is 0. The molecule has 0 heterocycles. The van der Waals surface area contributed by atoms with E-state index in [1.807, 2.05) is 0 Å². The predicted octanol–water partition coefficient (Wildman–Crippen LogP) is -0.611. The molecular formula is C5H11NO3S. The number of aliphatic hydroxyl groups excluding tert-OH is 1. The molecule has 0 spiro atoms. The Morgan fingerprint density at radius 3 is 3.00 bits per heavy atom. The molecule has 0 radical (unpaired) electrons. The topological polar surface area (TPSA) is 58.6 Å². The van der Waals surface area contributed by atoms with Crippen molar-refractivity contribution in [2.75, 3.05) is 26.0 Å². The van der Waals surface area contributed by atoms with Crippen LogP contribution in [-0.4, -0.2) is 37.0 Å². The van der Waals surface area contributed by atoms with E-state index in [0.29, 0.717) is 5.75 Å². The second-order valence-electron chi connectivity index (χ2n) is 1.53. The lowest BCUT2D eigenvalue weighted by atomic mass is 10.7. The molecule has 0 saturated carbocycles. The van der Waals surface area contributed by atoms with Crippen molar-refractivity contribution in [2.24, 2.45) is 0 Å². The molecular weight excluding hydrogens is 154 g/mol. The Kier molecular flexibility index (Phi) is 6.68. The van der Waals surface area contributed by atoms with E-state index in [2.05, 4.69) is 9.50 Å². The molecule has 0 fully saturated rings. The van der Waals surface area contributed by atoms with Crippen molar-refractivity contribution in [1.29, 1.82) is 0 Å². The highest BCUT2D eigenvalue weighted by atomic mass is 32.2.